The lowest BCUT2D eigenvalue weighted by molar-refractivity contribution is 0.0744. The van der Waals surface area contributed by atoms with Gasteiger partial charge in [0.1, 0.15) is 5.82 Å². The highest BCUT2D eigenvalue weighted by Crippen LogP contribution is 2.21. The predicted molar refractivity (Wildman–Crippen MR) is 77.3 cm³/mol. The number of unbranched alkanes of at least 4 members (excludes halogenated alkanes) is 1. The van der Waals surface area contributed by atoms with Gasteiger partial charge in [-0.3, -0.25) is 4.79 Å². The maximum Gasteiger partial charge on any atom is 0.258 e. The van der Waals surface area contributed by atoms with Crippen LogP contribution >= 0.6 is 0 Å². The zero-order valence-corrected chi connectivity index (χ0v) is 11.6. The number of carbonyl (C=O) groups is 1. The Bertz CT molecular complexity index is 470. The first-order chi connectivity index (χ1) is 9.27. The molecule has 1 aromatic heterocycles. The molecule has 1 aliphatic rings. The Hall–Kier alpha value is -1.84. The van der Waals surface area contributed by atoms with E-state index in [2.05, 4.69) is 29.4 Å². The lowest BCUT2D eigenvalue weighted by Gasteiger charge is -2.25. The van der Waals surface area contributed by atoms with Gasteiger partial charge >= 0.3 is 0 Å². The Morgan fingerprint density at radius 2 is 2.42 bits per heavy atom. The summed E-state index contributed by atoms with van der Waals surface area (Å²) < 4.78 is 0. The van der Waals surface area contributed by atoms with Crippen molar-refractivity contribution in [2.45, 2.75) is 32.2 Å². The maximum atomic E-state index is 12.6. The molecule has 4 nitrogen and oxygen atoms in total. The Morgan fingerprint density at radius 3 is 3.16 bits per heavy atom. The Balaban J connectivity index is 2.14. The van der Waals surface area contributed by atoms with Gasteiger partial charge in [0, 0.05) is 19.8 Å². The summed E-state index contributed by atoms with van der Waals surface area (Å²) in [6.45, 7) is 2.87. The number of amides is 1. The second-order valence-electron chi connectivity index (χ2n) is 4.74. The molecule has 0 saturated heterocycles. The van der Waals surface area contributed by atoms with Gasteiger partial charge in [-0.1, -0.05) is 31.9 Å². The van der Waals surface area contributed by atoms with Crippen LogP contribution in [0.3, 0.4) is 0 Å². The zero-order valence-electron chi connectivity index (χ0n) is 11.6. The van der Waals surface area contributed by atoms with Gasteiger partial charge in [-0.25, -0.2) is 4.98 Å². The highest BCUT2D eigenvalue weighted by Gasteiger charge is 2.26. The van der Waals surface area contributed by atoms with Crippen LogP contribution in [0.2, 0.25) is 0 Å². The van der Waals surface area contributed by atoms with Crippen LogP contribution in [0.25, 0.3) is 0 Å². The lowest BCUT2D eigenvalue weighted by atomic mass is 10.1. The van der Waals surface area contributed by atoms with Gasteiger partial charge in [0.25, 0.3) is 5.91 Å². The number of rotatable bonds is 5. The minimum Gasteiger partial charge on any atom is -0.372 e. The molecule has 0 spiro atoms. The maximum absolute atomic E-state index is 12.6. The molecule has 4 heteroatoms. The van der Waals surface area contributed by atoms with Gasteiger partial charge in [-0.15, -0.1) is 0 Å². The monoisotopic (exact) mass is 259 g/mol. The van der Waals surface area contributed by atoms with Crippen molar-refractivity contribution in [1.29, 1.82) is 0 Å². The SMILES string of the molecule is CCCCC1C=CCN1C(=O)c1cccnc1NC. The van der Waals surface area contributed by atoms with Crippen LogP contribution in [0.5, 0.6) is 0 Å². The first-order valence-corrected chi connectivity index (χ1v) is 6.88. The Labute approximate surface area is 114 Å². The van der Waals surface area contributed by atoms with Gasteiger partial charge in [-0.05, 0) is 18.6 Å². The number of nitrogens with one attached hydrogen (secondary N) is 1. The highest BCUT2D eigenvalue weighted by atomic mass is 16.2. The topological polar surface area (TPSA) is 45.2 Å². The third-order valence-electron chi connectivity index (χ3n) is 3.45. The standard InChI is InChI=1S/C15H21N3O/c1-3-4-7-12-8-6-11-18(12)15(19)13-9-5-10-17-14(13)16-2/h5-6,8-10,12H,3-4,7,11H2,1-2H3,(H,16,17). The molecule has 0 aliphatic carbocycles. The van der Waals surface area contributed by atoms with E-state index in [0.29, 0.717) is 17.9 Å². The largest absolute Gasteiger partial charge is 0.372 e. The molecule has 19 heavy (non-hydrogen) atoms. The van der Waals surface area contributed by atoms with E-state index in [9.17, 15) is 4.79 Å². The molecule has 1 unspecified atom stereocenters. The van der Waals surface area contributed by atoms with Crippen LogP contribution in [0.4, 0.5) is 5.82 Å². The smallest absolute Gasteiger partial charge is 0.258 e. The molecule has 0 fully saturated rings. The van der Waals surface area contributed by atoms with Crippen LogP contribution in [0.1, 0.15) is 36.5 Å². The second-order valence-corrected chi connectivity index (χ2v) is 4.74. The van der Waals surface area contributed by atoms with Crippen LogP contribution in [-0.4, -0.2) is 35.4 Å². The molecular weight excluding hydrogens is 238 g/mol. The van der Waals surface area contributed by atoms with E-state index in [0.717, 1.165) is 19.3 Å². The van der Waals surface area contributed by atoms with Gasteiger partial charge in [-0.2, -0.15) is 0 Å². The normalized spacial score (nSPS) is 17.8. The summed E-state index contributed by atoms with van der Waals surface area (Å²) in [6.07, 6.45) is 9.25. The van der Waals surface area contributed by atoms with Crippen molar-refractivity contribution in [3.05, 3.63) is 36.0 Å². The predicted octanol–water partition coefficient (Wildman–Crippen LogP) is 2.69. The van der Waals surface area contributed by atoms with Gasteiger partial charge in [0.05, 0.1) is 11.6 Å². The van der Waals surface area contributed by atoms with Crippen molar-refractivity contribution in [1.82, 2.24) is 9.88 Å². The van der Waals surface area contributed by atoms with E-state index in [4.69, 9.17) is 0 Å². The molecule has 0 aromatic carbocycles. The summed E-state index contributed by atoms with van der Waals surface area (Å²) in [5, 5.41) is 2.98. The van der Waals surface area contributed by atoms with Crippen LogP contribution < -0.4 is 5.32 Å². The molecule has 1 atom stereocenters. The quantitative estimate of drug-likeness (QED) is 0.827. The van der Waals surface area contributed by atoms with Gasteiger partial charge in [0.2, 0.25) is 0 Å². The van der Waals surface area contributed by atoms with Crippen molar-refractivity contribution in [2.75, 3.05) is 18.9 Å². The van der Waals surface area contributed by atoms with Crippen LogP contribution in [0.15, 0.2) is 30.5 Å². The summed E-state index contributed by atoms with van der Waals surface area (Å²) in [5.74, 6) is 0.706. The van der Waals surface area contributed by atoms with Crippen molar-refractivity contribution in [2.24, 2.45) is 0 Å². The van der Waals surface area contributed by atoms with Crippen molar-refractivity contribution >= 4 is 11.7 Å². The Morgan fingerprint density at radius 1 is 1.58 bits per heavy atom. The fourth-order valence-electron chi connectivity index (χ4n) is 2.40. The van der Waals surface area contributed by atoms with Crippen LogP contribution in [-0.2, 0) is 0 Å². The molecule has 2 rings (SSSR count). The average Bonchev–Trinajstić information content (AvgIpc) is 2.92. The number of anilines is 1. The zero-order chi connectivity index (χ0) is 13.7. The van der Waals surface area contributed by atoms with E-state index < -0.39 is 0 Å². The summed E-state index contributed by atoms with van der Waals surface area (Å²) in [5.41, 5.74) is 0.648. The summed E-state index contributed by atoms with van der Waals surface area (Å²) in [4.78, 5) is 18.7. The number of carbonyl (C=O) groups excluding carboxylic acids is 1. The summed E-state index contributed by atoms with van der Waals surface area (Å²) in [7, 11) is 1.79. The fraction of sp³-hybridized carbons (Fsp3) is 0.467. The van der Waals surface area contributed by atoms with Crippen molar-refractivity contribution in [3.63, 3.8) is 0 Å². The highest BCUT2D eigenvalue weighted by molar-refractivity contribution is 5.99. The molecule has 0 bridgehead atoms. The molecule has 0 radical (unpaired) electrons. The number of pyridine rings is 1. The summed E-state index contributed by atoms with van der Waals surface area (Å²) >= 11 is 0. The van der Waals surface area contributed by atoms with Gasteiger partial charge in [0.15, 0.2) is 0 Å². The second kappa shape index (κ2) is 6.36. The van der Waals surface area contributed by atoms with E-state index in [-0.39, 0.29) is 11.9 Å². The average molecular weight is 259 g/mol. The molecule has 102 valence electrons. The first-order valence-electron chi connectivity index (χ1n) is 6.88. The molecule has 1 aromatic rings. The lowest BCUT2D eigenvalue weighted by Crippen LogP contribution is -2.36. The third-order valence-corrected chi connectivity index (χ3v) is 3.45. The van der Waals surface area contributed by atoms with Gasteiger partial charge < -0.3 is 10.2 Å². The molecular formula is C15H21N3O. The minimum atomic E-state index is 0.0588. The molecule has 2 heterocycles. The number of hydrogen-bond donors (Lipinski definition) is 1. The molecule has 1 N–H and O–H groups in total. The van der Waals surface area contributed by atoms with E-state index >= 15 is 0 Å². The fourth-order valence-corrected chi connectivity index (χ4v) is 2.40. The van der Waals surface area contributed by atoms with Crippen molar-refractivity contribution < 1.29 is 4.79 Å². The third kappa shape index (κ3) is 2.95. The summed E-state index contributed by atoms with van der Waals surface area (Å²) in [6, 6.07) is 3.87. The molecule has 1 aliphatic heterocycles. The molecule has 1 amide bonds. The van der Waals surface area contributed by atoms with E-state index in [1.54, 1.807) is 19.3 Å². The minimum absolute atomic E-state index is 0.0588. The number of aromatic nitrogens is 1. The van der Waals surface area contributed by atoms with Crippen LogP contribution in [0, 0.1) is 0 Å². The number of nitrogens with zero attached hydrogens (tertiary/aromatic N) is 2. The van der Waals surface area contributed by atoms with E-state index in [1.165, 1.54) is 0 Å². The van der Waals surface area contributed by atoms with Crippen molar-refractivity contribution in [3.8, 4) is 0 Å². The molecule has 0 saturated carbocycles. The number of hydrogen-bond acceptors (Lipinski definition) is 3. The first kappa shape index (κ1) is 13.6. The van der Waals surface area contributed by atoms with E-state index in [1.807, 2.05) is 11.0 Å². The Kier molecular flexibility index (Phi) is 4.55.